The van der Waals surface area contributed by atoms with Crippen molar-refractivity contribution in [2.45, 2.75) is 18.9 Å². The van der Waals surface area contributed by atoms with Crippen LogP contribution in [-0.4, -0.2) is 34.9 Å². The first-order chi connectivity index (χ1) is 7.58. The Morgan fingerprint density at radius 1 is 1.56 bits per heavy atom. The zero-order chi connectivity index (χ0) is 12.2. The molecule has 0 atom stereocenters. The lowest BCUT2D eigenvalue weighted by Gasteiger charge is -2.29. The standard InChI is InChI=1S/C10H16N2O3S/c1-2-10(5-13,6-14)12-9(15)8-7(11)3-4-16-8/h3-4,13-14H,2,5-6,11H2,1H3,(H,12,15). The smallest absolute Gasteiger partial charge is 0.264 e. The number of aliphatic hydroxyl groups excluding tert-OH is 2. The van der Waals surface area contributed by atoms with Gasteiger partial charge in [0.1, 0.15) is 4.88 Å². The quantitative estimate of drug-likeness (QED) is 0.594. The van der Waals surface area contributed by atoms with E-state index in [2.05, 4.69) is 5.32 Å². The maximum absolute atomic E-state index is 11.8. The van der Waals surface area contributed by atoms with Crippen molar-refractivity contribution in [3.63, 3.8) is 0 Å². The molecule has 6 heteroatoms. The van der Waals surface area contributed by atoms with E-state index in [1.807, 2.05) is 0 Å². The van der Waals surface area contributed by atoms with E-state index in [1.54, 1.807) is 18.4 Å². The summed E-state index contributed by atoms with van der Waals surface area (Å²) >= 11 is 1.23. The number of aliphatic hydroxyl groups is 2. The van der Waals surface area contributed by atoms with Crippen LogP contribution in [0.2, 0.25) is 0 Å². The lowest BCUT2D eigenvalue weighted by atomic mass is 9.98. The summed E-state index contributed by atoms with van der Waals surface area (Å²) in [5.41, 5.74) is 5.04. The molecule has 1 amide bonds. The molecule has 0 fully saturated rings. The normalized spacial score (nSPS) is 11.4. The van der Waals surface area contributed by atoms with Crippen LogP contribution in [0.1, 0.15) is 23.0 Å². The maximum Gasteiger partial charge on any atom is 0.264 e. The van der Waals surface area contributed by atoms with Crippen molar-refractivity contribution in [1.29, 1.82) is 0 Å². The fourth-order valence-corrected chi connectivity index (χ4v) is 1.96. The van der Waals surface area contributed by atoms with Gasteiger partial charge in [-0.1, -0.05) is 6.92 Å². The third-order valence-electron chi connectivity index (χ3n) is 2.56. The predicted molar refractivity (Wildman–Crippen MR) is 63.4 cm³/mol. The summed E-state index contributed by atoms with van der Waals surface area (Å²) in [6.07, 6.45) is 0.441. The number of thiophene rings is 1. The Morgan fingerprint density at radius 3 is 2.56 bits per heavy atom. The van der Waals surface area contributed by atoms with Crippen LogP contribution in [0.4, 0.5) is 5.69 Å². The third kappa shape index (κ3) is 2.52. The van der Waals surface area contributed by atoms with Crippen LogP contribution >= 0.6 is 11.3 Å². The fraction of sp³-hybridized carbons (Fsp3) is 0.500. The zero-order valence-corrected chi connectivity index (χ0v) is 9.88. The summed E-state index contributed by atoms with van der Waals surface area (Å²) in [4.78, 5) is 12.2. The van der Waals surface area contributed by atoms with Crippen LogP contribution in [0.5, 0.6) is 0 Å². The summed E-state index contributed by atoms with van der Waals surface area (Å²) in [6, 6.07) is 1.64. The lowest BCUT2D eigenvalue weighted by Crippen LogP contribution is -2.53. The number of nitrogen functional groups attached to an aromatic ring is 1. The van der Waals surface area contributed by atoms with Gasteiger partial charge in [0, 0.05) is 0 Å². The molecule has 1 rings (SSSR count). The first kappa shape index (κ1) is 13.0. The molecule has 5 N–H and O–H groups in total. The molecule has 0 saturated heterocycles. The van der Waals surface area contributed by atoms with Crippen LogP contribution in [0.15, 0.2) is 11.4 Å². The van der Waals surface area contributed by atoms with Crippen LogP contribution in [0, 0.1) is 0 Å². The maximum atomic E-state index is 11.8. The number of carbonyl (C=O) groups excluding carboxylic acids is 1. The highest BCUT2D eigenvalue weighted by Gasteiger charge is 2.29. The van der Waals surface area contributed by atoms with Crippen molar-refractivity contribution in [2.75, 3.05) is 18.9 Å². The van der Waals surface area contributed by atoms with Gasteiger partial charge in [-0.15, -0.1) is 11.3 Å². The molecule has 0 aliphatic rings. The highest BCUT2D eigenvalue weighted by atomic mass is 32.1. The Balaban J connectivity index is 2.81. The highest BCUT2D eigenvalue weighted by Crippen LogP contribution is 2.20. The summed E-state index contributed by atoms with van der Waals surface area (Å²) in [5, 5.41) is 22.7. The molecule has 1 aromatic heterocycles. The van der Waals surface area contributed by atoms with Crippen molar-refractivity contribution in [2.24, 2.45) is 0 Å². The van der Waals surface area contributed by atoms with Gasteiger partial charge in [0.15, 0.2) is 0 Å². The second-order valence-electron chi connectivity index (χ2n) is 3.61. The minimum atomic E-state index is -0.979. The monoisotopic (exact) mass is 244 g/mol. The first-order valence-electron chi connectivity index (χ1n) is 4.95. The summed E-state index contributed by atoms with van der Waals surface area (Å²) in [7, 11) is 0. The van der Waals surface area contributed by atoms with Crippen molar-refractivity contribution in [1.82, 2.24) is 5.32 Å². The summed E-state index contributed by atoms with van der Waals surface area (Å²) in [5.74, 6) is -0.363. The van der Waals surface area contributed by atoms with Gasteiger partial charge >= 0.3 is 0 Å². The molecule has 0 spiro atoms. The highest BCUT2D eigenvalue weighted by molar-refractivity contribution is 7.12. The summed E-state index contributed by atoms with van der Waals surface area (Å²) in [6.45, 7) is 1.17. The van der Waals surface area contributed by atoms with Crippen LogP contribution in [0.3, 0.4) is 0 Å². The average Bonchev–Trinajstić information content (AvgIpc) is 2.72. The van der Waals surface area contributed by atoms with Gasteiger partial charge in [-0.05, 0) is 17.9 Å². The van der Waals surface area contributed by atoms with Gasteiger partial charge in [0.05, 0.1) is 24.4 Å². The average molecular weight is 244 g/mol. The molecule has 0 radical (unpaired) electrons. The minimum absolute atomic E-state index is 0.309. The number of nitrogens with one attached hydrogen (secondary N) is 1. The number of hydrogen-bond donors (Lipinski definition) is 4. The Bertz CT molecular complexity index is 352. The number of hydrogen-bond acceptors (Lipinski definition) is 5. The largest absolute Gasteiger partial charge is 0.397 e. The fourth-order valence-electron chi connectivity index (χ4n) is 1.24. The molecule has 0 aromatic carbocycles. The van der Waals surface area contributed by atoms with E-state index in [0.29, 0.717) is 17.0 Å². The van der Waals surface area contributed by atoms with E-state index < -0.39 is 5.54 Å². The van der Waals surface area contributed by atoms with Crippen molar-refractivity contribution in [3.05, 3.63) is 16.3 Å². The number of anilines is 1. The summed E-state index contributed by atoms with van der Waals surface area (Å²) < 4.78 is 0. The third-order valence-corrected chi connectivity index (χ3v) is 3.49. The van der Waals surface area contributed by atoms with E-state index in [9.17, 15) is 15.0 Å². The van der Waals surface area contributed by atoms with Gasteiger partial charge in [0.25, 0.3) is 5.91 Å². The molecule has 90 valence electrons. The van der Waals surface area contributed by atoms with E-state index in [4.69, 9.17) is 5.73 Å². The SMILES string of the molecule is CCC(CO)(CO)NC(=O)c1sccc1N. The molecular formula is C10H16N2O3S. The van der Waals surface area contributed by atoms with E-state index >= 15 is 0 Å². The molecule has 1 heterocycles. The first-order valence-corrected chi connectivity index (χ1v) is 5.83. The number of carbonyl (C=O) groups is 1. The lowest BCUT2D eigenvalue weighted by molar-refractivity contribution is 0.0656. The van der Waals surface area contributed by atoms with Crippen molar-refractivity contribution >= 4 is 22.9 Å². The molecule has 0 aliphatic heterocycles. The van der Waals surface area contributed by atoms with Crippen LogP contribution in [-0.2, 0) is 0 Å². The van der Waals surface area contributed by atoms with Crippen LogP contribution in [0.25, 0.3) is 0 Å². The van der Waals surface area contributed by atoms with Crippen molar-refractivity contribution < 1.29 is 15.0 Å². The Labute approximate surface area is 97.9 Å². The number of nitrogens with two attached hydrogens (primary N) is 1. The van der Waals surface area contributed by atoms with Gasteiger partial charge in [0.2, 0.25) is 0 Å². The second kappa shape index (κ2) is 5.29. The van der Waals surface area contributed by atoms with Gasteiger partial charge < -0.3 is 21.3 Å². The topological polar surface area (TPSA) is 95.6 Å². The number of amides is 1. The number of rotatable bonds is 5. The minimum Gasteiger partial charge on any atom is -0.397 e. The molecule has 0 unspecified atom stereocenters. The van der Waals surface area contributed by atoms with Gasteiger partial charge in [-0.25, -0.2) is 0 Å². The zero-order valence-electron chi connectivity index (χ0n) is 9.06. The van der Waals surface area contributed by atoms with Crippen molar-refractivity contribution in [3.8, 4) is 0 Å². The van der Waals surface area contributed by atoms with E-state index in [1.165, 1.54) is 11.3 Å². The molecule has 1 aromatic rings. The van der Waals surface area contributed by atoms with Crippen LogP contribution < -0.4 is 11.1 Å². The van der Waals surface area contributed by atoms with Gasteiger partial charge in [-0.3, -0.25) is 4.79 Å². The molecule has 16 heavy (non-hydrogen) atoms. The Kier molecular flexibility index (Phi) is 4.28. The molecule has 0 aliphatic carbocycles. The van der Waals surface area contributed by atoms with E-state index in [0.717, 1.165) is 0 Å². The Hall–Kier alpha value is -1.11. The molecule has 0 saturated carbocycles. The molecule has 0 bridgehead atoms. The Morgan fingerprint density at radius 2 is 2.19 bits per heavy atom. The molecular weight excluding hydrogens is 228 g/mol. The molecule has 5 nitrogen and oxygen atoms in total. The predicted octanol–water partition coefficient (Wildman–Crippen LogP) is 0.194. The van der Waals surface area contributed by atoms with Gasteiger partial charge in [-0.2, -0.15) is 0 Å². The van der Waals surface area contributed by atoms with E-state index in [-0.39, 0.29) is 19.1 Å². The second-order valence-corrected chi connectivity index (χ2v) is 4.53.